The molecule has 0 radical (unpaired) electrons. The number of H-pyrrole nitrogens is 1. The van der Waals surface area contributed by atoms with Gasteiger partial charge in [0.2, 0.25) is 5.82 Å². The molecule has 3 N–H and O–H groups in total. The molecule has 1 aromatic heterocycles. The summed E-state index contributed by atoms with van der Waals surface area (Å²) in [5.74, 6) is -2.25. The van der Waals surface area contributed by atoms with Gasteiger partial charge in [-0.2, -0.15) is 13.2 Å². The van der Waals surface area contributed by atoms with Crippen LogP contribution in [0.2, 0.25) is 0 Å². The van der Waals surface area contributed by atoms with Crippen LogP contribution in [0.3, 0.4) is 0 Å². The Morgan fingerprint density at radius 3 is 2.28 bits per heavy atom. The number of hydrogen-bond acceptors (Lipinski definition) is 7. The number of piperidine rings is 1. The summed E-state index contributed by atoms with van der Waals surface area (Å²) >= 11 is 1.13. The first-order valence-corrected chi connectivity index (χ1v) is 11.2. The second kappa shape index (κ2) is 10.1. The van der Waals surface area contributed by atoms with E-state index >= 15 is 0 Å². The summed E-state index contributed by atoms with van der Waals surface area (Å²) in [5.41, 5.74) is 1.01. The lowest BCUT2D eigenvalue weighted by atomic mass is 10.1. The number of benzene rings is 2. The summed E-state index contributed by atoms with van der Waals surface area (Å²) in [4.78, 5) is 18.2. The summed E-state index contributed by atoms with van der Waals surface area (Å²) < 4.78 is 87.6. The molecule has 4 rings (SSSR count). The van der Waals surface area contributed by atoms with E-state index in [4.69, 9.17) is 9.94 Å². The first kappa shape index (κ1) is 25.9. The third kappa shape index (κ3) is 6.14. The number of aromatic amines is 1. The highest BCUT2D eigenvalue weighted by Gasteiger charge is 2.36. The zero-order valence-electron chi connectivity index (χ0n) is 18.1. The fraction of sp³-hybridized carbons (Fsp3) is 0.333. The van der Waals surface area contributed by atoms with Crippen LogP contribution in [-0.4, -0.2) is 50.9 Å². The molecule has 0 aliphatic carbocycles. The van der Waals surface area contributed by atoms with Crippen LogP contribution in [0.1, 0.15) is 29.0 Å². The van der Waals surface area contributed by atoms with Crippen LogP contribution in [0.25, 0.3) is 11.0 Å². The van der Waals surface area contributed by atoms with Gasteiger partial charge in [0.15, 0.2) is 0 Å². The minimum absolute atomic E-state index is 0.0102. The quantitative estimate of drug-likeness (QED) is 0.173. The number of hydroxylamine groups is 1. The molecule has 0 unspecified atom stereocenters. The van der Waals surface area contributed by atoms with Gasteiger partial charge in [0.25, 0.3) is 5.91 Å². The number of carbonyl (C=O) groups excluding carboxylic acids is 1. The molecule has 1 amide bonds. The fourth-order valence-corrected chi connectivity index (χ4v) is 4.72. The standard InChI is InChI=1S/C21H18F6N4O4S/c22-20(23,24)19-28-14-5-6-15(16(17(14)29-19)18(32)30-33)36-31-9-7-12(8-10-31)34-11-1-3-13(4-2-11)35-21(25,26)27/h1-6,12,33H,7-10H2,(H,28,29)(H,30,32). The van der Waals surface area contributed by atoms with Crippen molar-refractivity contribution in [3.05, 3.63) is 47.8 Å². The topological polar surface area (TPSA) is 99.7 Å². The second-order valence-electron chi connectivity index (χ2n) is 7.72. The Labute approximate surface area is 203 Å². The number of amides is 1. The molecule has 2 aromatic carbocycles. The number of nitrogens with zero attached hydrogens (tertiary/aromatic N) is 2. The molecule has 0 atom stereocenters. The van der Waals surface area contributed by atoms with Crippen LogP contribution in [0, 0.1) is 0 Å². The van der Waals surface area contributed by atoms with Crippen molar-refractivity contribution in [2.24, 2.45) is 0 Å². The van der Waals surface area contributed by atoms with Gasteiger partial charge in [-0.3, -0.25) is 10.0 Å². The molecular weight excluding hydrogens is 518 g/mol. The molecule has 8 nitrogen and oxygen atoms in total. The van der Waals surface area contributed by atoms with E-state index in [0.717, 1.165) is 24.1 Å². The van der Waals surface area contributed by atoms with Crippen molar-refractivity contribution in [3.63, 3.8) is 0 Å². The Morgan fingerprint density at radius 2 is 1.69 bits per heavy atom. The number of rotatable bonds is 6. The molecule has 36 heavy (non-hydrogen) atoms. The minimum atomic E-state index is -4.78. The lowest BCUT2D eigenvalue weighted by Gasteiger charge is -2.31. The van der Waals surface area contributed by atoms with Gasteiger partial charge in [0.1, 0.15) is 23.1 Å². The molecule has 1 aliphatic heterocycles. The molecule has 0 bridgehead atoms. The Kier molecular flexibility index (Phi) is 7.24. The summed E-state index contributed by atoms with van der Waals surface area (Å²) in [6.45, 7) is 0.967. The molecule has 1 saturated heterocycles. The van der Waals surface area contributed by atoms with Gasteiger partial charge in [0.05, 0.1) is 11.1 Å². The van der Waals surface area contributed by atoms with Gasteiger partial charge in [0, 0.05) is 18.0 Å². The van der Waals surface area contributed by atoms with Crippen LogP contribution in [0.4, 0.5) is 26.3 Å². The van der Waals surface area contributed by atoms with E-state index in [9.17, 15) is 31.1 Å². The second-order valence-corrected chi connectivity index (χ2v) is 8.85. The highest BCUT2D eigenvalue weighted by atomic mass is 32.2. The van der Waals surface area contributed by atoms with E-state index in [1.807, 2.05) is 4.31 Å². The number of hydrogen-bond donors (Lipinski definition) is 3. The van der Waals surface area contributed by atoms with Gasteiger partial charge >= 0.3 is 12.5 Å². The lowest BCUT2D eigenvalue weighted by Crippen LogP contribution is -2.34. The Bertz CT molecular complexity index is 1220. The van der Waals surface area contributed by atoms with E-state index < -0.39 is 24.3 Å². The zero-order chi connectivity index (χ0) is 26.1. The number of nitrogens with one attached hydrogen (secondary N) is 2. The van der Waals surface area contributed by atoms with Crippen molar-refractivity contribution >= 4 is 28.9 Å². The van der Waals surface area contributed by atoms with E-state index in [-0.39, 0.29) is 28.5 Å². The first-order valence-electron chi connectivity index (χ1n) is 10.4. The number of alkyl halides is 6. The number of ether oxygens (including phenoxy) is 2. The predicted octanol–water partition coefficient (Wildman–Crippen LogP) is 5.15. The molecule has 0 spiro atoms. The largest absolute Gasteiger partial charge is 0.573 e. The van der Waals surface area contributed by atoms with Crippen molar-refractivity contribution in [1.29, 1.82) is 0 Å². The summed E-state index contributed by atoms with van der Waals surface area (Å²) in [6.07, 6.45) is -8.67. The minimum Gasteiger partial charge on any atom is -0.490 e. The Hall–Kier alpha value is -3.17. The smallest absolute Gasteiger partial charge is 0.490 e. The maximum absolute atomic E-state index is 13.1. The molecule has 3 aromatic rings. The maximum atomic E-state index is 13.1. The predicted molar refractivity (Wildman–Crippen MR) is 115 cm³/mol. The third-order valence-electron chi connectivity index (χ3n) is 5.20. The number of carbonyl (C=O) groups is 1. The number of fused-ring (bicyclic) bond motifs is 1. The molecule has 15 heteroatoms. The number of imidazole rings is 1. The van der Waals surface area contributed by atoms with E-state index in [2.05, 4.69) is 14.7 Å². The van der Waals surface area contributed by atoms with Gasteiger partial charge in [-0.25, -0.2) is 14.8 Å². The summed E-state index contributed by atoms with van der Waals surface area (Å²) in [5, 5.41) is 9.13. The third-order valence-corrected chi connectivity index (χ3v) is 6.36. The van der Waals surface area contributed by atoms with Gasteiger partial charge in [-0.1, -0.05) is 0 Å². The lowest BCUT2D eigenvalue weighted by molar-refractivity contribution is -0.274. The van der Waals surface area contributed by atoms with Crippen molar-refractivity contribution in [2.75, 3.05) is 13.1 Å². The molecule has 0 saturated carbocycles. The highest BCUT2D eigenvalue weighted by Crippen LogP contribution is 2.36. The van der Waals surface area contributed by atoms with Crippen molar-refractivity contribution in [2.45, 2.75) is 36.4 Å². The molecule has 1 aliphatic rings. The van der Waals surface area contributed by atoms with Crippen LogP contribution in [0.15, 0.2) is 41.3 Å². The fourth-order valence-electron chi connectivity index (χ4n) is 3.64. The maximum Gasteiger partial charge on any atom is 0.573 e. The first-order chi connectivity index (χ1) is 16.9. The van der Waals surface area contributed by atoms with Crippen LogP contribution < -0.4 is 15.0 Å². The average Bonchev–Trinajstić information content (AvgIpc) is 3.25. The molecule has 194 valence electrons. The Balaban J connectivity index is 1.41. The monoisotopic (exact) mass is 536 g/mol. The number of aromatic nitrogens is 2. The van der Waals surface area contributed by atoms with Crippen molar-refractivity contribution < 1.29 is 45.8 Å². The molecule has 2 heterocycles. The van der Waals surface area contributed by atoms with Crippen molar-refractivity contribution in [3.8, 4) is 11.5 Å². The number of halogens is 6. The van der Waals surface area contributed by atoms with Crippen molar-refractivity contribution in [1.82, 2.24) is 19.8 Å². The van der Waals surface area contributed by atoms with Gasteiger partial charge in [-0.15, -0.1) is 13.2 Å². The van der Waals surface area contributed by atoms with E-state index in [0.29, 0.717) is 36.6 Å². The molecule has 1 fully saturated rings. The van der Waals surface area contributed by atoms with E-state index in [1.54, 1.807) is 0 Å². The van der Waals surface area contributed by atoms with Crippen LogP contribution in [0.5, 0.6) is 11.5 Å². The normalized spacial score (nSPS) is 15.8. The summed E-state index contributed by atoms with van der Waals surface area (Å²) in [6, 6.07) is 7.87. The van der Waals surface area contributed by atoms with Crippen LogP contribution >= 0.6 is 11.9 Å². The zero-order valence-corrected chi connectivity index (χ0v) is 18.9. The average molecular weight is 536 g/mol. The Morgan fingerprint density at radius 1 is 1.06 bits per heavy atom. The highest BCUT2D eigenvalue weighted by molar-refractivity contribution is 7.97. The SMILES string of the molecule is O=C(NO)c1c(SN2CCC(Oc3ccc(OC(F)(F)F)cc3)CC2)ccc2[nH]c(C(F)(F)F)nc12. The van der Waals surface area contributed by atoms with Crippen LogP contribution in [-0.2, 0) is 6.18 Å². The van der Waals surface area contributed by atoms with E-state index in [1.165, 1.54) is 29.7 Å². The summed E-state index contributed by atoms with van der Waals surface area (Å²) in [7, 11) is 0. The van der Waals surface area contributed by atoms with Gasteiger partial charge in [-0.05, 0) is 61.2 Å². The molecular formula is C21H18F6N4O4S. The van der Waals surface area contributed by atoms with Gasteiger partial charge < -0.3 is 14.5 Å².